The number of hydrogen-bond donors (Lipinski definition) is 2. The summed E-state index contributed by atoms with van der Waals surface area (Å²) in [5, 5.41) is 14.1. The van der Waals surface area contributed by atoms with Gasteiger partial charge in [0.1, 0.15) is 5.82 Å². The number of benzene rings is 3. The number of rotatable bonds is 8. The first-order valence-electron chi connectivity index (χ1n) is 16.8. The average Bonchev–Trinajstić information content (AvgIpc) is 3.79. The summed E-state index contributed by atoms with van der Waals surface area (Å²) in [6.07, 6.45) is 2.39. The van der Waals surface area contributed by atoms with Gasteiger partial charge in [-0.1, -0.05) is 47.5 Å². The molecule has 1 aromatic heterocycles. The molecule has 4 aromatic rings. The number of anilines is 1. The lowest BCUT2D eigenvalue weighted by molar-refractivity contribution is -0.141. The number of hydrogen-bond acceptors (Lipinski definition) is 8. The Balaban J connectivity index is 1.32. The van der Waals surface area contributed by atoms with E-state index in [0.29, 0.717) is 21.8 Å². The molecule has 4 amide bonds. The fourth-order valence-electron chi connectivity index (χ4n) is 8.79. The fourth-order valence-corrected chi connectivity index (χ4v) is 9.61. The van der Waals surface area contributed by atoms with Crippen LogP contribution in [0.5, 0.6) is 11.5 Å². The number of phenols is 1. The number of hydrazine groups is 1. The van der Waals surface area contributed by atoms with Crippen LogP contribution >= 0.6 is 22.9 Å². The molecule has 2 N–H and O–H groups in total. The molecule has 0 spiro atoms. The van der Waals surface area contributed by atoms with Crippen molar-refractivity contribution >= 4 is 52.3 Å². The van der Waals surface area contributed by atoms with E-state index < -0.39 is 52.6 Å². The zero-order valence-corrected chi connectivity index (χ0v) is 29.0. The number of carbonyl (C=O) groups is 4. The Hall–Kier alpha value is -5.00. The van der Waals surface area contributed by atoms with Crippen LogP contribution in [0.2, 0.25) is 5.02 Å². The molecular weight excluding hydrogens is 693 g/mol. The SMILES string of the molecule is CCOc1cc(C2C3=CCC4C(=O)N(Cc5cccs5)C(=O)C4C3CC3C(=O)N(Nc4ccc(F)cc4)C(=O)C32c2ccc(Cl)cc2)ccc1O. The average molecular weight is 726 g/mol. The van der Waals surface area contributed by atoms with Gasteiger partial charge >= 0.3 is 0 Å². The summed E-state index contributed by atoms with van der Waals surface area (Å²) in [5.74, 6) is -5.59. The monoisotopic (exact) mass is 725 g/mol. The Kier molecular flexibility index (Phi) is 8.22. The number of nitrogens with zero attached hydrogens (tertiary/aromatic N) is 2. The summed E-state index contributed by atoms with van der Waals surface area (Å²) in [6, 6.07) is 20.9. The summed E-state index contributed by atoms with van der Waals surface area (Å²) >= 11 is 7.83. The predicted molar refractivity (Wildman–Crippen MR) is 188 cm³/mol. The molecule has 3 aromatic carbocycles. The number of carbonyl (C=O) groups excluding carboxylic acids is 4. The Bertz CT molecular complexity index is 2090. The lowest BCUT2D eigenvalue weighted by Crippen LogP contribution is -2.53. The first-order chi connectivity index (χ1) is 24.6. The molecular formula is C39H33ClFN3O6S. The van der Waals surface area contributed by atoms with Gasteiger partial charge in [-0.25, -0.2) is 4.39 Å². The third-order valence-corrected chi connectivity index (χ3v) is 12.0. The van der Waals surface area contributed by atoms with E-state index in [0.717, 1.165) is 15.5 Å². The summed E-state index contributed by atoms with van der Waals surface area (Å²) in [4.78, 5) is 60.4. The Labute approximate surface area is 302 Å². The Morgan fingerprint density at radius 1 is 0.980 bits per heavy atom. The van der Waals surface area contributed by atoms with Gasteiger partial charge < -0.3 is 9.84 Å². The van der Waals surface area contributed by atoms with E-state index in [4.69, 9.17) is 16.3 Å². The number of halogens is 2. The fraction of sp³-hybridized carbons (Fsp3) is 0.282. The van der Waals surface area contributed by atoms with Crippen molar-refractivity contribution in [1.82, 2.24) is 9.91 Å². The minimum absolute atomic E-state index is 0.0862. The number of likely N-dealkylation sites (tertiary alicyclic amines) is 1. The Morgan fingerprint density at radius 2 is 1.75 bits per heavy atom. The summed E-state index contributed by atoms with van der Waals surface area (Å²) < 4.78 is 19.7. The minimum atomic E-state index is -1.54. The molecule has 3 fully saturated rings. The maximum absolute atomic E-state index is 15.2. The molecule has 3 heterocycles. The van der Waals surface area contributed by atoms with Crippen LogP contribution in [-0.2, 0) is 31.1 Å². The van der Waals surface area contributed by atoms with Gasteiger partial charge in [-0.15, -0.1) is 11.3 Å². The van der Waals surface area contributed by atoms with Gasteiger partial charge in [0.25, 0.3) is 11.8 Å². The largest absolute Gasteiger partial charge is 0.504 e. The highest BCUT2D eigenvalue weighted by Crippen LogP contribution is 2.64. The molecule has 12 heteroatoms. The molecule has 260 valence electrons. The lowest BCUT2D eigenvalue weighted by Gasteiger charge is -2.50. The molecule has 2 saturated heterocycles. The van der Waals surface area contributed by atoms with Crippen LogP contribution in [0.25, 0.3) is 0 Å². The molecule has 6 atom stereocenters. The van der Waals surface area contributed by atoms with Crippen LogP contribution in [0.3, 0.4) is 0 Å². The van der Waals surface area contributed by atoms with Crippen molar-refractivity contribution in [1.29, 1.82) is 0 Å². The number of ether oxygens (including phenoxy) is 1. The van der Waals surface area contributed by atoms with Gasteiger partial charge in [0.05, 0.1) is 42.0 Å². The quantitative estimate of drug-likeness (QED) is 0.151. The number of allylic oxidation sites excluding steroid dienone is 2. The highest BCUT2D eigenvalue weighted by atomic mass is 35.5. The van der Waals surface area contributed by atoms with Gasteiger partial charge in [0.2, 0.25) is 11.8 Å². The normalized spacial score (nSPS) is 26.9. The topological polar surface area (TPSA) is 116 Å². The molecule has 0 radical (unpaired) electrons. The van der Waals surface area contributed by atoms with Crippen molar-refractivity contribution < 1.29 is 33.4 Å². The second kappa shape index (κ2) is 12.6. The number of fused-ring (bicyclic) bond motifs is 4. The van der Waals surface area contributed by atoms with Crippen molar-refractivity contribution in [2.75, 3.05) is 12.0 Å². The molecule has 8 rings (SSSR count). The number of amides is 4. The van der Waals surface area contributed by atoms with E-state index >= 15 is 4.79 Å². The number of thiophene rings is 1. The van der Waals surface area contributed by atoms with Crippen LogP contribution in [0, 0.1) is 29.5 Å². The smallest absolute Gasteiger partial charge is 0.260 e. The molecule has 0 bridgehead atoms. The highest BCUT2D eigenvalue weighted by Gasteiger charge is 2.70. The highest BCUT2D eigenvalue weighted by molar-refractivity contribution is 7.09. The van der Waals surface area contributed by atoms with Crippen molar-refractivity contribution in [3.63, 3.8) is 0 Å². The van der Waals surface area contributed by atoms with E-state index in [1.165, 1.54) is 46.6 Å². The van der Waals surface area contributed by atoms with Crippen LogP contribution in [0.4, 0.5) is 10.1 Å². The molecule has 4 aliphatic rings. The summed E-state index contributed by atoms with van der Waals surface area (Å²) in [6.45, 7) is 2.24. The molecule has 1 saturated carbocycles. The van der Waals surface area contributed by atoms with Crippen LogP contribution < -0.4 is 10.2 Å². The van der Waals surface area contributed by atoms with E-state index in [1.807, 2.05) is 23.6 Å². The van der Waals surface area contributed by atoms with Crippen LogP contribution in [0.15, 0.2) is 95.9 Å². The predicted octanol–water partition coefficient (Wildman–Crippen LogP) is 6.83. The van der Waals surface area contributed by atoms with E-state index in [9.17, 15) is 23.9 Å². The van der Waals surface area contributed by atoms with Crippen LogP contribution in [-0.4, -0.2) is 45.3 Å². The first-order valence-corrected chi connectivity index (χ1v) is 18.1. The van der Waals surface area contributed by atoms with Crippen molar-refractivity contribution in [3.8, 4) is 11.5 Å². The van der Waals surface area contributed by atoms with Gasteiger partial charge in [-0.3, -0.25) is 29.5 Å². The second-order valence-corrected chi connectivity index (χ2v) is 14.8. The van der Waals surface area contributed by atoms with E-state index in [2.05, 4.69) is 5.43 Å². The third kappa shape index (κ3) is 5.16. The number of nitrogens with one attached hydrogen (secondary N) is 1. The van der Waals surface area contributed by atoms with E-state index in [-0.39, 0.29) is 49.3 Å². The van der Waals surface area contributed by atoms with Gasteiger partial charge in [0.15, 0.2) is 11.5 Å². The number of imide groups is 2. The van der Waals surface area contributed by atoms with Gasteiger partial charge in [0, 0.05) is 15.8 Å². The number of phenolic OH excluding ortho intramolecular Hbond substituents is 1. The van der Waals surface area contributed by atoms with Gasteiger partial charge in [-0.05, 0) is 96.8 Å². The molecule has 51 heavy (non-hydrogen) atoms. The van der Waals surface area contributed by atoms with E-state index in [1.54, 1.807) is 43.3 Å². The summed E-state index contributed by atoms with van der Waals surface area (Å²) in [7, 11) is 0. The molecule has 2 aliphatic carbocycles. The number of aromatic hydroxyl groups is 1. The molecule has 2 aliphatic heterocycles. The van der Waals surface area contributed by atoms with Crippen molar-refractivity contribution in [2.45, 2.75) is 37.6 Å². The third-order valence-electron chi connectivity index (χ3n) is 10.9. The zero-order valence-electron chi connectivity index (χ0n) is 27.4. The maximum Gasteiger partial charge on any atom is 0.260 e. The Morgan fingerprint density at radius 3 is 2.45 bits per heavy atom. The minimum Gasteiger partial charge on any atom is -0.504 e. The molecule has 9 nitrogen and oxygen atoms in total. The summed E-state index contributed by atoms with van der Waals surface area (Å²) in [5.41, 5.74) is 3.67. The van der Waals surface area contributed by atoms with Crippen molar-refractivity contribution in [3.05, 3.63) is 123 Å². The maximum atomic E-state index is 15.2. The molecule has 6 unspecified atom stereocenters. The zero-order chi connectivity index (χ0) is 35.6. The standard InChI is InChI=1S/C39H33ClFN3O6S/c1-2-50-32-18-21(5-16-31(32)45)34-27-14-15-28-33(37(48)43(35(28)46)20-26-4-3-17-51-26)29(27)19-30-36(47)44(42-25-12-10-24(41)11-13-25)38(49)39(30,34)22-6-8-23(40)9-7-22/h3-14,16-18,28-30,33-34,42,45H,2,15,19-20H2,1H3. The van der Waals surface area contributed by atoms with Crippen molar-refractivity contribution in [2.24, 2.45) is 23.7 Å². The van der Waals surface area contributed by atoms with Gasteiger partial charge in [-0.2, -0.15) is 5.01 Å². The lowest BCUT2D eigenvalue weighted by atomic mass is 9.49. The van der Waals surface area contributed by atoms with Crippen LogP contribution in [0.1, 0.15) is 41.7 Å². The first kappa shape index (κ1) is 33.2. The second-order valence-electron chi connectivity index (χ2n) is 13.4.